The normalized spacial score (nSPS) is 12.0. The Kier molecular flexibility index (Phi) is 4.73. The zero-order valence-corrected chi connectivity index (χ0v) is 11.6. The lowest BCUT2D eigenvalue weighted by Crippen LogP contribution is -2.28. The van der Waals surface area contributed by atoms with Crippen LogP contribution in [0.5, 0.6) is 0 Å². The van der Waals surface area contributed by atoms with Gasteiger partial charge in [-0.15, -0.1) is 17.9 Å². The number of carbonyl (C=O) groups is 1. The van der Waals surface area contributed by atoms with Gasteiger partial charge in [-0.3, -0.25) is 4.79 Å². The van der Waals surface area contributed by atoms with Crippen LogP contribution in [-0.4, -0.2) is 5.91 Å². The maximum absolute atomic E-state index is 11.9. The van der Waals surface area contributed by atoms with Gasteiger partial charge < -0.3 is 5.32 Å². The lowest BCUT2D eigenvalue weighted by molar-refractivity contribution is -0.121. The third kappa shape index (κ3) is 3.31. The molecule has 94 valence electrons. The Labute approximate surface area is 115 Å². The van der Waals surface area contributed by atoms with Gasteiger partial charge in [-0.25, -0.2) is 0 Å². The van der Waals surface area contributed by atoms with Gasteiger partial charge in [-0.1, -0.05) is 12.1 Å². The Balaban J connectivity index is 2.11. The number of hydrogen-bond acceptors (Lipinski definition) is 3. The first kappa shape index (κ1) is 13.1. The molecule has 1 amide bonds. The summed E-state index contributed by atoms with van der Waals surface area (Å²) in [5.74, 6) is 0.0690. The average Bonchev–Trinajstić information content (AvgIpc) is 3.05. The number of carbonyl (C=O) groups excluding carboxylic acids is 1. The number of amides is 1. The highest BCUT2D eigenvalue weighted by Gasteiger charge is 2.17. The lowest BCUT2D eigenvalue weighted by atomic mass is 10.1. The molecule has 2 nitrogen and oxygen atoms in total. The first-order chi connectivity index (χ1) is 8.81. The van der Waals surface area contributed by atoms with Crippen molar-refractivity contribution in [3.8, 4) is 0 Å². The van der Waals surface area contributed by atoms with E-state index in [1.54, 1.807) is 28.7 Å². The van der Waals surface area contributed by atoms with Gasteiger partial charge in [0, 0.05) is 11.3 Å². The molecule has 4 heteroatoms. The molecule has 0 bridgehead atoms. The summed E-state index contributed by atoms with van der Waals surface area (Å²) in [6.45, 7) is 3.64. The summed E-state index contributed by atoms with van der Waals surface area (Å²) in [4.78, 5) is 13.0. The minimum atomic E-state index is -0.0198. The average molecular weight is 277 g/mol. The van der Waals surface area contributed by atoms with E-state index < -0.39 is 0 Å². The van der Waals surface area contributed by atoms with E-state index in [1.807, 2.05) is 16.8 Å². The molecule has 2 aromatic heterocycles. The van der Waals surface area contributed by atoms with Gasteiger partial charge >= 0.3 is 0 Å². The van der Waals surface area contributed by atoms with Crippen LogP contribution in [-0.2, 0) is 4.79 Å². The molecule has 0 aliphatic heterocycles. The van der Waals surface area contributed by atoms with Gasteiger partial charge in [0.1, 0.15) is 0 Å². The highest BCUT2D eigenvalue weighted by molar-refractivity contribution is 7.10. The molecule has 0 aliphatic carbocycles. The Morgan fingerprint density at radius 3 is 2.94 bits per heavy atom. The highest BCUT2D eigenvalue weighted by atomic mass is 32.1. The van der Waals surface area contributed by atoms with E-state index in [2.05, 4.69) is 29.4 Å². The third-order valence-electron chi connectivity index (χ3n) is 2.59. The summed E-state index contributed by atoms with van der Waals surface area (Å²) in [6.07, 6.45) is 2.98. The zero-order valence-electron chi connectivity index (χ0n) is 9.96. The lowest BCUT2D eigenvalue weighted by Gasteiger charge is -2.16. The fraction of sp³-hybridized carbons (Fsp3) is 0.214. The first-order valence-corrected chi connectivity index (χ1v) is 7.59. The summed E-state index contributed by atoms with van der Waals surface area (Å²) in [5, 5.41) is 9.23. The Bertz CT molecular complexity index is 454. The molecule has 2 aromatic rings. The minimum Gasteiger partial charge on any atom is -0.344 e. The fourth-order valence-electron chi connectivity index (χ4n) is 1.68. The second-order valence-corrected chi connectivity index (χ2v) is 5.66. The van der Waals surface area contributed by atoms with Crippen LogP contribution in [0.3, 0.4) is 0 Å². The van der Waals surface area contributed by atoms with E-state index in [9.17, 15) is 4.79 Å². The van der Waals surface area contributed by atoms with Gasteiger partial charge in [0.2, 0.25) is 5.91 Å². The van der Waals surface area contributed by atoms with Crippen molar-refractivity contribution in [1.82, 2.24) is 5.32 Å². The van der Waals surface area contributed by atoms with Crippen LogP contribution in [0.1, 0.15) is 29.3 Å². The van der Waals surface area contributed by atoms with Crippen LogP contribution in [0.25, 0.3) is 0 Å². The van der Waals surface area contributed by atoms with Gasteiger partial charge in [-0.05, 0) is 40.3 Å². The molecule has 0 spiro atoms. The zero-order chi connectivity index (χ0) is 12.8. The van der Waals surface area contributed by atoms with E-state index in [1.165, 1.54) is 4.88 Å². The van der Waals surface area contributed by atoms with Crippen LogP contribution >= 0.6 is 22.7 Å². The summed E-state index contributed by atoms with van der Waals surface area (Å²) < 4.78 is 0. The van der Waals surface area contributed by atoms with Crippen molar-refractivity contribution in [1.29, 1.82) is 0 Å². The van der Waals surface area contributed by atoms with E-state index in [-0.39, 0.29) is 11.9 Å². The van der Waals surface area contributed by atoms with Gasteiger partial charge in [-0.2, -0.15) is 11.3 Å². The number of thiophene rings is 2. The van der Waals surface area contributed by atoms with Gasteiger partial charge in [0.15, 0.2) is 0 Å². The van der Waals surface area contributed by atoms with Crippen LogP contribution in [0.2, 0.25) is 0 Å². The van der Waals surface area contributed by atoms with Crippen LogP contribution in [0, 0.1) is 0 Å². The Morgan fingerprint density at radius 2 is 2.33 bits per heavy atom. The molecule has 1 N–H and O–H groups in total. The van der Waals surface area contributed by atoms with Crippen LogP contribution < -0.4 is 5.32 Å². The van der Waals surface area contributed by atoms with Crippen molar-refractivity contribution in [3.05, 3.63) is 57.4 Å². The molecule has 0 radical (unpaired) electrons. The highest BCUT2D eigenvalue weighted by Crippen LogP contribution is 2.27. The quantitative estimate of drug-likeness (QED) is 0.795. The smallest absolute Gasteiger partial charge is 0.221 e. The van der Waals surface area contributed by atoms with Crippen molar-refractivity contribution in [2.45, 2.75) is 18.9 Å². The van der Waals surface area contributed by atoms with E-state index in [0.717, 1.165) is 5.56 Å². The van der Waals surface area contributed by atoms with Crippen molar-refractivity contribution in [3.63, 3.8) is 0 Å². The topological polar surface area (TPSA) is 29.1 Å². The largest absolute Gasteiger partial charge is 0.344 e. The molecule has 2 rings (SSSR count). The summed E-state index contributed by atoms with van der Waals surface area (Å²) in [6, 6.07) is 6.10. The van der Waals surface area contributed by atoms with E-state index in [0.29, 0.717) is 12.8 Å². The predicted molar refractivity (Wildman–Crippen MR) is 78.1 cm³/mol. The summed E-state index contributed by atoms with van der Waals surface area (Å²) in [7, 11) is 0. The van der Waals surface area contributed by atoms with Crippen molar-refractivity contribution in [2.24, 2.45) is 0 Å². The third-order valence-corrected chi connectivity index (χ3v) is 4.22. The Morgan fingerprint density at radius 1 is 1.44 bits per heavy atom. The van der Waals surface area contributed by atoms with Gasteiger partial charge in [0.25, 0.3) is 0 Å². The maximum atomic E-state index is 11.9. The summed E-state index contributed by atoms with van der Waals surface area (Å²) >= 11 is 3.31. The number of nitrogens with one attached hydrogen (secondary N) is 1. The van der Waals surface area contributed by atoms with Crippen LogP contribution in [0.4, 0.5) is 0 Å². The van der Waals surface area contributed by atoms with Crippen LogP contribution in [0.15, 0.2) is 47.0 Å². The standard InChI is InChI=1S/C14H15NOS2/c1-2-3-6-13(16)15-14(11-7-9-17-10-11)12-5-4-8-18-12/h2,4-5,7-10,14H,1,3,6H2,(H,15,16). The van der Waals surface area contributed by atoms with Gasteiger partial charge in [0.05, 0.1) is 6.04 Å². The molecule has 1 unspecified atom stereocenters. The van der Waals surface area contributed by atoms with Crippen molar-refractivity contribution in [2.75, 3.05) is 0 Å². The van der Waals surface area contributed by atoms with Crippen molar-refractivity contribution >= 4 is 28.6 Å². The molecule has 0 aromatic carbocycles. The SMILES string of the molecule is C=CCCC(=O)NC(c1ccsc1)c1cccs1. The molecular weight excluding hydrogens is 262 g/mol. The number of rotatable bonds is 6. The molecule has 2 heterocycles. The molecular formula is C14H15NOS2. The maximum Gasteiger partial charge on any atom is 0.221 e. The molecule has 1 atom stereocenters. The van der Waals surface area contributed by atoms with E-state index in [4.69, 9.17) is 0 Å². The van der Waals surface area contributed by atoms with Crippen molar-refractivity contribution < 1.29 is 4.79 Å². The summed E-state index contributed by atoms with van der Waals surface area (Å²) in [5.41, 5.74) is 1.15. The van der Waals surface area contributed by atoms with E-state index >= 15 is 0 Å². The second-order valence-electron chi connectivity index (χ2n) is 3.90. The minimum absolute atomic E-state index is 0.0198. The molecule has 0 fully saturated rings. The monoisotopic (exact) mass is 277 g/mol. The second kappa shape index (κ2) is 6.52. The molecule has 0 saturated carbocycles. The number of hydrogen-bond donors (Lipinski definition) is 1. The predicted octanol–water partition coefficient (Wildman–Crippen LogP) is 3.98. The first-order valence-electron chi connectivity index (χ1n) is 5.77. The fourth-order valence-corrected chi connectivity index (χ4v) is 3.17. The number of allylic oxidation sites excluding steroid dienone is 1. The molecule has 18 heavy (non-hydrogen) atoms. The molecule has 0 saturated heterocycles. The Hall–Kier alpha value is -1.39. The molecule has 0 aliphatic rings.